The number of thiophene rings is 1. The van der Waals surface area contributed by atoms with E-state index in [1.54, 1.807) is 11.3 Å². The van der Waals surface area contributed by atoms with Crippen LogP contribution < -0.4 is 5.73 Å². The number of nitrogens with two attached hydrogens (primary N) is 1. The number of likely N-dealkylation sites (N-methyl/N-ethyl adjacent to an activating group) is 1. The third-order valence-electron chi connectivity index (χ3n) is 4.13. The predicted molar refractivity (Wildman–Crippen MR) is 92.7 cm³/mol. The summed E-state index contributed by atoms with van der Waals surface area (Å²) in [5.74, 6) is 0. The van der Waals surface area contributed by atoms with Crippen molar-refractivity contribution < 1.29 is 5.11 Å². The molecule has 2 rings (SSSR count). The van der Waals surface area contributed by atoms with E-state index < -0.39 is 0 Å². The van der Waals surface area contributed by atoms with Gasteiger partial charge >= 0.3 is 0 Å². The molecule has 1 fully saturated rings. The molecule has 0 spiro atoms. The highest BCUT2D eigenvalue weighted by atomic mass is 79.9. The summed E-state index contributed by atoms with van der Waals surface area (Å²) >= 11 is 5.30. The van der Waals surface area contributed by atoms with E-state index in [0.29, 0.717) is 12.6 Å². The summed E-state index contributed by atoms with van der Waals surface area (Å²) in [5.41, 5.74) is 6.43. The summed E-state index contributed by atoms with van der Waals surface area (Å²) in [6.45, 7) is 3.80. The molecular formula is C15H26BrN3OS. The van der Waals surface area contributed by atoms with E-state index >= 15 is 0 Å². The highest BCUT2D eigenvalue weighted by Crippen LogP contribution is 2.37. The van der Waals surface area contributed by atoms with Crippen LogP contribution in [0.5, 0.6) is 0 Å². The zero-order valence-corrected chi connectivity index (χ0v) is 15.4. The minimum absolute atomic E-state index is 0.0884. The molecule has 4 nitrogen and oxygen atoms in total. The van der Waals surface area contributed by atoms with Crippen molar-refractivity contribution in [3.05, 3.63) is 20.8 Å². The highest BCUT2D eigenvalue weighted by Gasteiger charge is 2.39. The van der Waals surface area contributed by atoms with Crippen LogP contribution in [0.2, 0.25) is 0 Å². The second-order valence-corrected chi connectivity index (χ2v) is 8.66. The first-order valence-electron chi connectivity index (χ1n) is 7.51. The summed E-state index contributed by atoms with van der Waals surface area (Å²) < 4.78 is 1.13. The zero-order valence-electron chi connectivity index (χ0n) is 13.0. The summed E-state index contributed by atoms with van der Waals surface area (Å²) in [7, 11) is 4.17. The van der Waals surface area contributed by atoms with Gasteiger partial charge in [-0.15, -0.1) is 11.3 Å². The normalized spacial score (nSPS) is 26.4. The van der Waals surface area contributed by atoms with Crippen molar-refractivity contribution >= 4 is 27.3 Å². The van der Waals surface area contributed by atoms with Gasteiger partial charge in [-0.2, -0.15) is 0 Å². The van der Waals surface area contributed by atoms with Crippen LogP contribution in [0, 0.1) is 0 Å². The van der Waals surface area contributed by atoms with Crippen LogP contribution in [0.15, 0.2) is 15.9 Å². The van der Waals surface area contributed by atoms with Crippen molar-refractivity contribution in [3.63, 3.8) is 0 Å². The SMILES string of the molecule is CCC(N)C(c1ccc(Br)s1)N1CC(O)CC1CN(C)C. The molecule has 1 saturated heterocycles. The molecule has 3 N–H and O–H groups in total. The molecule has 0 radical (unpaired) electrons. The lowest BCUT2D eigenvalue weighted by Gasteiger charge is -2.36. The number of hydrogen-bond acceptors (Lipinski definition) is 5. The Morgan fingerprint density at radius 2 is 2.24 bits per heavy atom. The molecule has 0 aliphatic carbocycles. The Balaban J connectivity index is 2.26. The van der Waals surface area contributed by atoms with E-state index in [-0.39, 0.29) is 18.2 Å². The molecule has 0 aromatic carbocycles. The van der Waals surface area contributed by atoms with Crippen LogP contribution in [-0.2, 0) is 0 Å². The van der Waals surface area contributed by atoms with E-state index in [9.17, 15) is 5.11 Å². The monoisotopic (exact) mass is 375 g/mol. The molecule has 120 valence electrons. The topological polar surface area (TPSA) is 52.7 Å². The van der Waals surface area contributed by atoms with E-state index in [1.165, 1.54) is 4.88 Å². The number of halogens is 1. The van der Waals surface area contributed by atoms with Gasteiger partial charge < -0.3 is 15.7 Å². The molecule has 1 aromatic rings. The van der Waals surface area contributed by atoms with Crippen LogP contribution in [0.4, 0.5) is 0 Å². The second-order valence-electron chi connectivity index (χ2n) is 6.16. The fourth-order valence-electron chi connectivity index (χ4n) is 3.19. The number of nitrogens with zero attached hydrogens (tertiary/aromatic N) is 2. The third kappa shape index (κ3) is 4.27. The van der Waals surface area contributed by atoms with Crippen molar-refractivity contribution in [2.45, 2.75) is 44.0 Å². The van der Waals surface area contributed by atoms with Gasteiger partial charge in [0.25, 0.3) is 0 Å². The molecule has 0 amide bonds. The maximum absolute atomic E-state index is 10.1. The molecule has 21 heavy (non-hydrogen) atoms. The third-order valence-corrected chi connectivity index (χ3v) is 5.82. The van der Waals surface area contributed by atoms with Crippen LogP contribution in [0.25, 0.3) is 0 Å². The van der Waals surface area contributed by atoms with Gasteiger partial charge in [0.15, 0.2) is 0 Å². The number of aliphatic hydroxyl groups is 1. The molecule has 2 heterocycles. The largest absolute Gasteiger partial charge is 0.392 e. The van der Waals surface area contributed by atoms with E-state index in [2.05, 4.69) is 58.9 Å². The Kier molecular flexibility index (Phi) is 6.23. The Labute approximate surface area is 140 Å². The maximum atomic E-state index is 10.1. The maximum Gasteiger partial charge on any atom is 0.0702 e. The Morgan fingerprint density at radius 1 is 1.52 bits per heavy atom. The number of likely N-dealkylation sites (tertiary alicyclic amines) is 1. The Bertz CT molecular complexity index is 454. The average molecular weight is 376 g/mol. The van der Waals surface area contributed by atoms with Crippen LogP contribution in [-0.4, -0.2) is 60.3 Å². The molecular weight excluding hydrogens is 350 g/mol. The minimum Gasteiger partial charge on any atom is -0.392 e. The van der Waals surface area contributed by atoms with E-state index in [4.69, 9.17) is 5.73 Å². The summed E-state index contributed by atoms with van der Waals surface area (Å²) in [6, 6.07) is 4.88. The molecule has 6 heteroatoms. The number of hydrogen-bond donors (Lipinski definition) is 2. The molecule has 1 aliphatic rings. The first kappa shape index (κ1) is 17.4. The lowest BCUT2D eigenvalue weighted by Crippen LogP contribution is -2.46. The van der Waals surface area contributed by atoms with Crippen LogP contribution in [0.3, 0.4) is 0 Å². The van der Waals surface area contributed by atoms with Crippen LogP contribution in [0.1, 0.15) is 30.7 Å². The summed E-state index contributed by atoms with van der Waals surface area (Å²) in [4.78, 5) is 5.89. The van der Waals surface area contributed by atoms with Gasteiger partial charge in [-0.1, -0.05) is 6.92 Å². The first-order valence-corrected chi connectivity index (χ1v) is 9.12. The quantitative estimate of drug-likeness (QED) is 0.800. The fourth-order valence-corrected chi connectivity index (χ4v) is 4.81. The zero-order chi connectivity index (χ0) is 15.6. The Hall–Kier alpha value is 0.0200. The van der Waals surface area contributed by atoms with Crippen LogP contribution >= 0.6 is 27.3 Å². The van der Waals surface area contributed by atoms with Gasteiger partial charge in [-0.05, 0) is 55.0 Å². The minimum atomic E-state index is -0.245. The van der Waals surface area contributed by atoms with Crippen molar-refractivity contribution in [2.24, 2.45) is 5.73 Å². The van der Waals surface area contributed by atoms with Gasteiger partial charge in [0.05, 0.1) is 15.9 Å². The second kappa shape index (κ2) is 7.53. The van der Waals surface area contributed by atoms with E-state index in [0.717, 1.165) is 23.2 Å². The molecule has 0 bridgehead atoms. The molecule has 0 saturated carbocycles. The summed E-state index contributed by atoms with van der Waals surface area (Å²) in [5, 5.41) is 10.1. The predicted octanol–water partition coefficient (Wildman–Crippen LogP) is 2.29. The van der Waals surface area contributed by atoms with Gasteiger partial charge in [0, 0.05) is 30.1 Å². The van der Waals surface area contributed by atoms with Crippen molar-refractivity contribution in [1.82, 2.24) is 9.80 Å². The molecule has 4 atom stereocenters. The number of β-amino-alcohol motifs (C(OH)–C–C–N with tert-alkyl or cyclic N) is 1. The van der Waals surface area contributed by atoms with E-state index in [1.807, 2.05) is 0 Å². The lowest BCUT2D eigenvalue weighted by atomic mass is 10.0. The van der Waals surface area contributed by atoms with Gasteiger partial charge in [0.1, 0.15) is 0 Å². The highest BCUT2D eigenvalue weighted by molar-refractivity contribution is 9.11. The van der Waals surface area contributed by atoms with Gasteiger partial charge in [0.2, 0.25) is 0 Å². The lowest BCUT2D eigenvalue weighted by molar-refractivity contribution is 0.121. The fraction of sp³-hybridized carbons (Fsp3) is 0.733. The molecule has 4 unspecified atom stereocenters. The van der Waals surface area contributed by atoms with Crippen molar-refractivity contribution in [1.29, 1.82) is 0 Å². The van der Waals surface area contributed by atoms with Gasteiger partial charge in [-0.25, -0.2) is 0 Å². The first-order chi connectivity index (χ1) is 9.92. The summed E-state index contributed by atoms with van der Waals surface area (Å²) in [6.07, 6.45) is 1.52. The molecule has 1 aliphatic heterocycles. The molecule has 1 aromatic heterocycles. The average Bonchev–Trinajstić information content (AvgIpc) is 2.96. The smallest absolute Gasteiger partial charge is 0.0702 e. The number of aliphatic hydroxyl groups excluding tert-OH is 1. The van der Waals surface area contributed by atoms with Crippen molar-refractivity contribution in [2.75, 3.05) is 27.2 Å². The standard InChI is InChI=1S/C15H26BrN3OS/c1-4-12(17)15(13-5-6-14(16)21-13)19-9-11(20)7-10(19)8-18(2)3/h5-6,10-12,15,20H,4,7-9,17H2,1-3H3. The van der Waals surface area contributed by atoms with Gasteiger partial charge in [-0.3, -0.25) is 4.90 Å². The number of rotatable bonds is 6. The Morgan fingerprint density at radius 3 is 2.76 bits per heavy atom. The van der Waals surface area contributed by atoms with Crippen molar-refractivity contribution in [3.8, 4) is 0 Å².